The monoisotopic (exact) mass is 252 g/mol. The molecule has 0 fully saturated rings. The summed E-state index contributed by atoms with van der Waals surface area (Å²) in [4.78, 5) is 4.40. The van der Waals surface area contributed by atoms with E-state index in [9.17, 15) is 0 Å². The van der Waals surface area contributed by atoms with Crippen LogP contribution < -0.4 is 10.1 Å². The maximum absolute atomic E-state index is 5.70. The number of aromatic nitrogens is 1. The van der Waals surface area contributed by atoms with Crippen LogP contribution in [0.5, 0.6) is 5.75 Å². The summed E-state index contributed by atoms with van der Waals surface area (Å²) in [6.07, 6.45) is 1.81. The van der Waals surface area contributed by atoms with Gasteiger partial charge in [0.25, 0.3) is 0 Å². The second-order valence-corrected chi connectivity index (χ2v) is 4.29. The summed E-state index contributed by atoms with van der Waals surface area (Å²) in [5.41, 5.74) is 1.03. The fraction of sp³-hybridized carbons (Fsp3) is 0.643. The van der Waals surface area contributed by atoms with Gasteiger partial charge in [-0.3, -0.25) is 4.98 Å². The van der Waals surface area contributed by atoms with Crippen molar-refractivity contribution in [1.82, 2.24) is 10.3 Å². The molecule has 0 amide bonds. The Morgan fingerprint density at radius 2 is 2.06 bits per heavy atom. The molecule has 2 atom stereocenters. The van der Waals surface area contributed by atoms with Crippen LogP contribution in [-0.4, -0.2) is 30.8 Å². The van der Waals surface area contributed by atoms with Crippen LogP contribution in [0, 0.1) is 0 Å². The van der Waals surface area contributed by atoms with Gasteiger partial charge in [-0.1, -0.05) is 6.92 Å². The third-order valence-corrected chi connectivity index (χ3v) is 2.61. The predicted octanol–water partition coefficient (Wildman–Crippen LogP) is 2.56. The maximum Gasteiger partial charge on any atom is 0.138 e. The summed E-state index contributed by atoms with van der Waals surface area (Å²) in [6, 6.07) is 4.22. The number of ether oxygens (including phenoxy) is 2. The number of nitrogens with zero attached hydrogens (tertiary/aromatic N) is 1. The molecule has 4 heteroatoms. The molecule has 0 spiro atoms. The van der Waals surface area contributed by atoms with Crippen molar-refractivity contribution in [2.24, 2.45) is 0 Å². The molecule has 1 heterocycles. The fourth-order valence-electron chi connectivity index (χ4n) is 1.68. The van der Waals surface area contributed by atoms with E-state index in [4.69, 9.17) is 9.47 Å². The molecule has 1 aromatic heterocycles. The lowest BCUT2D eigenvalue weighted by atomic mass is 10.2. The van der Waals surface area contributed by atoms with E-state index in [0.717, 1.165) is 18.0 Å². The topological polar surface area (TPSA) is 43.4 Å². The Hall–Kier alpha value is -1.13. The third kappa shape index (κ3) is 5.02. The van der Waals surface area contributed by atoms with E-state index in [1.807, 2.05) is 26.0 Å². The van der Waals surface area contributed by atoms with Gasteiger partial charge >= 0.3 is 0 Å². The minimum atomic E-state index is 0.0452. The van der Waals surface area contributed by atoms with Crippen molar-refractivity contribution in [3.8, 4) is 5.75 Å². The van der Waals surface area contributed by atoms with Gasteiger partial charge in [-0.25, -0.2) is 0 Å². The van der Waals surface area contributed by atoms with Crippen LogP contribution in [0.4, 0.5) is 0 Å². The highest BCUT2D eigenvalue weighted by molar-refractivity contribution is 5.21. The molecule has 18 heavy (non-hydrogen) atoms. The zero-order chi connectivity index (χ0) is 13.4. The molecule has 4 nitrogen and oxygen atoms in total. The standard InChI is InChI=1S/C14H24N2O2/c1-5-15-12(4)14-8-7-13(9-16-14)18-11(3)10-17-6-2/h7-9,11-12,15H,5-6,10H2,1-4H3. The van der Waals surface area contributed by atoms with E-state index in [-0.39, 0.29) is 12.1 Å². The van der Waals surface area contributed by atoms with Crippen LogP contribution in [0.25, 0.3) is 0 Å². The summed E-state index contributed by atoms with van der Waals surface area (Å²) in [5, 5.41) is 3.33. The number of hydrogen-bond acceptors (Lipinski definition) is 4. The van der Waals surface area contributed by atoms with Crippen LogP contribution in [0.1, 0.15) is 39.4 Å². The first-order valence-electron chi connectivity index (χ1n) is 6.61. The molecule has 0 aliphatic heterocycles. The Balaban J connectivity index is 2.49. The molecule has 0 aliphatic carbocycles. The highest BCUT2D eigenvalue weighted by Crippen LogP contribution is 2.15. The Kier molecular flexibility index (Phi) is 6.68. The molecule has 0 aliphatic rings. The van der Waals surface area contributed by atoms with E-state index < -0.39 is 0 Å². The van der Waals surface area contributed by atoms with Crippen LogP contribution in [0.2, 0.25) is 0 Å². The van der Waals surface area contributed by atoms with Gasteiger partial charge < -0.3 is 14.8 Å². The second-order valence-electron chi connectivity index (χ2n) is 4.29. The highest BCUT2D eigenvalue weighted by atomic mass is 16.5. The average molecular weight is 252 g/mol. The Bertz CT molecular complexity index is 327. The predicted molar refractivity (Wildman–Crippen MR) is 72.9 cm³/mol. The van der Waals surface area contributed by atoms with Crippen LogP contribution in [0.3, 0.4) is 0 Å². The quantitative estimate of drug-likeness (QED) is 0.772. The van der Waals surface area contributed by atoms with Crippen molar-refractivity contribution >= 4 is 0 Å². The number of pyridine rings is 1. The lowest BCUT2D eigenvalue weighted by Gasteiger charge is -2.15. The second kappa shape index (κ2) is 8.06. The number of rotatable bonds is 8. The van der Waals surface area contributed by atoms with E-state index in [1.54, 1.807) is 6.20 Å². The summed E-state index contributed by atoms with van der Waals surface area (Å²) in [5.74, 6) is 0.787. The number of nitrogens with one attached hydrogen (secondary N) is 1. The van der Waals surface area contributed by atoms with Crippen molar-refractivity contribution in [3.63, 3.8) is 0 Å². The Morgan fingerprint density at radius 1 is 1.28 bits per heavy atom. The fourth-order valence-corrected chi connectivity index (χ4v) is 1.68. The lowest BCUT2D eigenvalue weighted by Crippen LogP contribution is -2.20. The molecule has 1 N–H and O–H groups in total. The molecular formula is C14H24N2O2. The zero-order valence-corrected chi connectivity index (χ0v) is 11.8. The molecule has 0 aromatic carbocycles. The first-order chi connectivity index (χ1) is 8.67. The van der Waals surface area contributed by atoms with Crippen LogP contribution in [0.15, 0.2) is 18.3 Å². The smallest absolute Gasteiger partial charge is 0.138 e. The maximum atomic E-state index is 5.70. The van der Waals surface area contributed by atoms with Crippen molar-refractivity contribution in [2.75, 3.05) is 19.8 Å². The van der Waals surface area contributed by atoms with E-state index in [2.05, 4.69) is 24.1 Å². The zero-order valence-electron chi connectivity index (χ0n) is 11.8. The Labute approximate surface area is 110 Å². The van der Waals surface area contributed by atoms with Gasteiger partial charge in [0, 0.05) is 12.6 Å². The average Bonchev–Trinajstić information content (AvgIpc) is 2.37. The first-order valence-corrected chi connectivity index (χ1v) is 6.61. The normalized spacial score (nSPS) is 14.2. The largest absolute Gasteiger partial charge is 0.487 e. The first kappa shape index (κ1) is 14.9. The van der Waals surface area contributed by atoms with Gasteiger partial charge in [-0.15, -0.1) is 0 Å². The van der Waals surface area contributed by atoms with E-state index in [0.29, 0.717) is 13.2 Å². The molecule has 102 valence electrons. The SMILES string of the molecule is CCNC(C)c1ccc(OC(C)COCC)cn1. The summed E-state index contributed by atoms with van der Waals surface area (Å²) >= 11 is 0. The molecule has 2 unspecified atom stereocenters. The van der Waals surface area contributed by atoms with Crippen LogP contribution >= 0.6 is 0 Å². The minimum absolute atomic E-state index is 0.0452. The lowest BCUT2D eigenvalue weighted by molar-refractivity contribution is 0.0655. The van der Waals surface area contributed by atoms with Crippen molar-refractivity contribution < 1.29 is 9.47 Å². The van der Waals surface area contributed by atoms with Gasteiger partial charge in [0.1, 0.15) is 11.9 Å². The van der Waals surface area contributed by atoms with Crippen molar-refractivity contribution in [1.29, 1.82) is 0 Å². The molecule has 1 aromatic rings. The van der Waals surface area contributed by atoms with Gasteiger partial charge in [-0.2, -0.15) is 0 Å². The summed E-state index contributed by atoms with van der Waals surface area (Å²) in [7, 11) is 0. The summed E-state index contributed by atoms with van der Waals surface area (Å²) in [6.45, 7) is 10.4. The van der Waals surface area contributed by atoms with Gasteiger partial charge in [0.15, 0.2) is 0 Å². The van der Waals surface area contributed by atoms with Crippen LogP contribution in [-0.2, 0) is 4.74 Å². The summed E-state index contributed by atoms with van der Waals surface area (Å²) < 4.78 is 11.0. The third-order valence-electron chi connectivity index (χ3n) is 2.61. The molecule has 0 saturated heterocycles. The molecule has 0 bridgehead atoms. The van der Waals surface area contributed by atoms with Gasteiger partial charge in [0.05, 0.1) is 18.5 Å². The van der Waals surface area contributed by atoms with E-state index >= 15 is 0 Å². The van der Waals surface area contributed by atoms with E-state index in [1.165, 1.54) is 0 Å². The Morgan fingerprint density at radius 3 is 2.61 bits per heavy atom. The highest BCUT2D eigenvalue weighted by Gasteiger charge is 2.07. The molecular weight excluding hydrogens is 228 g/mol. The number of hydrogen-bond donors (Lipinski definition) is 1. The molecule has 1 rings (SSSR count). The van der Waals surface area contributed by atoms with Crippen molar-refractivity contribution in [2.45, 2.75) is 39.8 Å². The van der Waals surface area contributed by atoms with Gasteiger partial charge in [0.2, 0.25) is 0 Å². The molecule has 0 saturated carbocycles. The minimum Gasteiger partial charge on any atom is -0.487 e. The molecule has 0 radical (unpaired) electrons. The van der Waals surface area contributed by atoms with Gasteiger partial charge in [-0.05, 0) is 39.4 Å². The van der Waals surface area contributed by atoms with Crippen molar-refractivity contribution in [3.05, 3.63) is 24.0 Å².